The fraction of sp³-hybridized carbons (Fsp3) is 0.476. The van der Waals surface area contributed by atoms with E-state index in [9.17, 15) is 4.79 Å². The molecule has 0 spiro atoms. The molecular weight excluding hydrogens is 312 g/mol. The van der Waals surface area contributed by atoms with Crippen molar-refractivity contribution in [3.63, 3.8) is 0 Å². The van der Waals surface area contributed by atoms with Gasteiger partial charge in [-0.15, -0.1) is 0 Å². The highest BCUT2D eigenvalue weighted by Crippen LogP contribution is 2.15. The van der Waals surface area contributed by atoms with Gasteiger partial charge in [-0.1, -0.05) is 29.8 Å². The van der Waals surface area contributed by atoms with E-state index in [-0.39, 0.29) is 18.4 Å². The number of nitrogens with zero attached hydrogens (tertiary/aromatic N) is 1. The summed E-state index contributed by atoms with van der Waals surface area (Å²) in [5, 5.41) is 8.91. The van der Waals surface area contributed by atoms with Crippen molar-refractivity contribution in [3.8, 4) is 0 Å². The Morgan fingerprint density at radius 1 is 1.12 bits per heavy atom. The van der Waals surface area contributed by atoms with Gasteiger partial charge in [0.1, 0.15) is 0 Å². The summed E-state index contributed by atoms with van der Waals surface area (Å²) in [7, 11) is 1.94. The lowest BCUT2D eigenvalue weighted by atomic mass is 10.0. The molecular formula is C21H30N2O2. The van der Waals surface area contributed by atoms with Gasteiger partial charge >= 0.3 is 0 Å². The van der Waals surface area contributed by atoms with Crippen LogP contribution in [0, 0.1) is 6.92 Å². The first kappa shape index (κ1) is 19.4. The highest BCUT2D eigenvalue weighted by molar-refractivity contribution is 5.94. The fourth-order valence-electron chi connectivity index (χ4n) is 3.06. The van der Waals surface area contributed by atoms with Crippen molar-refractivity contribution >= 4 is 5.78 Å². The molecule has 4 nitrogen and oxygen atoms in total. The third-order valence-corrected chi connectivity index (χ3v) is 4.77. The Morgan fingerprint density at radius 2 is 1.84 bits per heavy atom. The van der Waals surface area contributed by atoms with Crippen LogP contribution >= 0.6 is 0 Å². The molecule has 4 heteroatoms. The van der Waals surface area contributed by atoms with E-state index in [2.05, 4.69) is 31.2 Å². The summed E-state index contributed by atoms with van der Waals surface area (Å²) < 4.78 is 1.99. The maximum Gasteiger partial charge on any atom is 0.179 e. The molecule has 0 fully saturated rings. The van der Waals surface area contributed by atoms with Crippen LogP contribution in [0.2, 0.25) is 0 Å². The average Bonchev–Trinajstić information content (AvgIpc) is 2.96. The third-order valence-electron chi connectivity index (χ3n) is 4.77. The summed E-state index contributed by atoms with van der Waals surface area (Å²) in [5.41, 5.74) is 10.4. The van der Waals surface area contributed by atoms with E-state index in [4.69, 9.17) is 10.8 Å². The minimum absolute atomic E-state index is 0.00793. The van der Waals surface area contributed by atoms with Gasteiger partial charge in [0.2, 0.25) is 0 Å². The SMILES string of the molecule is Cc1ccc(CCCC(=O)c2ccc(CC[C@@H](N)CCO)n2C)cc1. The second-order valence-corrected chi connectivity index (χ2v) is 6.84. The molecule has 25 heavy (non-hydrogen) atoms. The van der Waals surface area contributed by atoms with Crippen molar-refractivity contribution in [1.82, 2.24) is 4.57 Å². The van der Waals surface area contributed by atoms with Crippen LogP contribution < -0.4 is 5.73 Å². The zero-order valence-electron chi connectivity index (χ0n) is 15.4. The molecule has 0 aliphatic rings. The maximum absolute atomic E-state index is 12.5. The molecule has 0 amide bonds. The quantitative estimate of drug-likeness (QED) is 0.652. The van der Waals surface area contributed by atoms with Crippen molar-refractivity contribution in [3.05, 3.63) is 58.9 Å². The number of hydrogen-bond acceptors (Lipinski definition) is 3. The van der Waals surface area contributed by atoms with E-state index in [1.54, 1.807) is 0 Å². The number of hydrogen-bond donors (Lipinski definition) is 2. The van der Waals surface area contributed by atoms with Crippen LogP contribution in [0.3, 0.4) is 0 Å². The number of aliphatic hydroxyl groups excluding tert-OH is 1. The highest BCUT2D eigenvalue weighted by atomic mass is 16.3. The Morgan fingerprint density at radius 3 is 2.52 bits per heavy atom. The lowest BCUT2D eigenvalue weighted by Gasteiger charge is -2.11. The summed E-state index contributed by atoms with van der Waals surface area (Å²) in [6.07, 6.45) is 4.63. The van der Waals surface area contributed by atoms with Gasteiger partial charge in [-0.25, -0.2) is 0 Å². The number of rotatable bonds is 10. The number of benzene rings is 1. The van der Waals surface area contributed by atoms with Crippen molar-refractivity contribution in [2.45, 2.75) is 51.5 Å². The standard InChI is InChI=1S/C21H30N2O2/c1-16-6-8-17(9-7-16)4-3-5-21(25)20-13-12-19(23(20)2)11-10-18(22)14-15-24/h6-9,12-13,18,24H,3-5,10-11,14-15,22H2,1-2H3/t18-/m1/s1. The summed E-state index contributed by atoms with van der Waals surface area (Å²) >= 11 is 0. The van der Waals surface area contributed by atoms with Gasteiger partial charge in [0.25, 0.3) is 0 Å². The summed E-state index contributed by atoms with van der Waals surface area (Å²) in [4.78, 5) is 12.5. The molecule has 1 aromatic carbocycles. The molecule has 1 heterocycles. The lowest BCUT2D eigenvalue weighted by Crippen LogP contribution is -2.22. The number of aliphatic hydroxyl groups is 1. The van der Waals surface area contributed by atoms with Crippen LogP contribution in [0.5, 0.6) is 0 Å². The molecule has 3 N–H and O–H groups in total. The number of aromatic nitrogens is 1. The molecule has 0 unspecified atom stereocenters. The first-order valence-electron chi connectivity index (χ1n) is 9.11. The fourth-order valence-corrected chi connectivity index (χ4v) is 3.06. The minimum atomic E-state index is 0.00793. The number of carbonyl (C=O) groups is 1. The molecule has 0 radical (unpaired) electrons. The van der Waals surface area contributed by atoms with E-state index in [0.29, 0.717) is 12.8 Å². The Bertz CT molecular complexity index is 674. The van der Waals surface area contributed by atoms with E-state index < -0.39 is 0 Å². The van der Waals surface area contributed by atoms with E-state index in [1.165, 1.54) is 11.1 Å². The maximum atomic E-state index is 12.5. The first-order chi connectivity index (χ1) is 12.0. The third kappa shape index (κ3) is 5.83. The van der Waals surface area contributed by atoms with Crippen molar-refractivity contribution in [2.24, 2.45) is 12.8 Å². The lowest BCUT2D eigenvalue weighted by molar-refractivity contribution is 0.0972. The Labute approximate surface area is 150 Å². The number of Topliss-reactive ketones (excluding diaryl/α,β-unsaturated/α-hetero) is 1. The predicted octanol–water partition coefficient (Wildman–Crippen LogP) is 3.18. The molecule has 0 aliphatic heterocycles. The second kappa shape index (κ2) is 9.54. The summed E-state index contributed by atoms with van der Waals surface area (Å²) in [6, 6.07) is 12.4. The number of carbonyl (C=O) groups excluding carboxylic acids is 1. The second-order valence-electron chi connectivity index (χ2n) is 6.84. The van der Waals surface area contributed by atoms with Gasteiger partial charge in [0.05, 0.1) is 5.69 Å². The van der Waals surface area contributed by atoms with E-state index in [0.717, 1.165) is 37.1 Å². The normalized spacial score (nSPS) is 12.3. The number of nitrogens with two attached hydrogens (primary N) is 1. The molecule has 1 aromatic heterocycles. The van der Waals surface area contributed by atoms with Crippen LogP contribution in [0.15, 0.2) is 36.4 Å². The largest absolute Gasteiger partial charge is 0.396 e. The van der Waals surface area contributed by atoms with Gasteiger partial charge in [-0.05, 0) is 56.7 Å². The predicted molar refractivity (Wildman–Crippen MR) is 102 cm³/mol. The topological polar surface area (TPSA) is 68.2 Å². The molecule has 1 atom stereocenters. The van der Waals surface area contributed by atoms with Crippen molar-refractivity contribution < 1.29 is 9.90 Å². The average molecular weight is 342 g/mol. The first-order valence-corrected chi connectivity index (χ1v) is 9.11. The summed E-state index contributed by atoms with van der Waals surface area (Å²) in [5.74, 6) is 0.195. The van der Waals surface area contributed by atoms with Crippen LogP contribution in [0.4, 0.5) is 0 Å². The van der Waals surface area contributed by atoms with Crippen LogP contribution in [-0.4, -0.2) is 28.1 Å². The van der Waals surface area contributed by atoms with Crippen molar-refractivity contribution in [2.75, 3.05) is 6.61 Å². The van der Waals surface area contributed by atoms with Gasteiger partial charge in [-0.2, -0.15) is 0 Å². The van der Waals surface area contributed by atoms with Crippen molar-refractivity contribution in [1.29, 1.82) is 0 Å². The van der Waals surface area contributed by atoms with Gasteiger partial charge in [0, 0.05) is 31.8 Å². The molecule has 0 saturated heterocycles. The monoisotopic (exact) mass is 342 g/mol. The Hall–Kier alpha value is -1.91. The molecule has 136 valence electrons. The summed E-state index contributed by atoms with van der Waals surface area (Å²) in [6.45, 7) is 2.20. The molecule has 0 bridgehead atoms. The van der Waals surface area contributed by atoms with Gasteiger partial charge in [0.15, 0.2) is 5.78 Å². The van der Waals surface area contributed by atoms with E-state index in [1.807, 2.05) is 23.7 Å². The van der Waals surface area contributed by atoms with Gasteiger partial charge < -0.3 is 15.4 Å². The van der Waals surface area contributed by atoms with E-state index >= 15 is 0 Å². The zero-order valence-corrected chi connectivity index (χ0v) is 15.4. The molecule has 0 saturated carbocycles. The smallest absolute Gasteiger partial charge is 0.179 e. The van der Waals surface area contributed by atoms with Crippen LogP contribution in [-0.2, 0) is 19.9 Å². The number of aryl methyl sites for hydroxylation is 3. The van der Waals surface area contributed by atoms with Crippen LogP contribution in [0.25, 0.3) is 0 Å². The zero-order chi connectivity index (χ0) is 18.2. The highest BCUT2D eigenvalue weighted by Gasteiger charge is 2.13. The molecule has 2 rings (SSSR count). The number of ketones is 1. The molecule has 0 aliphatic carbocycles. The Kier molecular flexibility index (Phi) is 7.41. The van der Waals surface area contributed by atoms with Gasteiger partial charge in [-0.3, -0.25) is 4.79 Å². The van der Waals surface area contributed by atoms with Crippen LogP contribution in [0.1, 0.15) is 53.0 Å². The molecule has 2 aromatic rings. The Balaban J connectivity index is 1.84. The minimum Gasteiger partial charge on any atom is -0.396 e.